The van der Waals surface area contributed by atoms with E-state index in [1.54, 1.807) is 13.8 Å². The molecule has 1 heterocycles. The van der Waals surface area contributed by atoms with Crippen LogP contribution in [-0.2, 0) is 11.3 Å². The number of benzene rings is 1. The second kappa shape index (κ2) is 8.47. The van der Waals surface area contributed by atoms with Crippen molar-refractivity contribution >= 4 is 17.6 Å². The number of halogens is 3. The zero-order valence-electron chi connectivity index (χ0n) is 14.5. The zero-order valence-corrected chi connectivity index (χ0v) is 14.5. The van der Waals surface area contributed by atoms with Gasteiger partial charge >= 0.3 is 6.36 Å². The number of rotatable bonds is 6. The van der Waals surface area contributed by atoms with Crippen LogP contribution in [0.5, 0.6) is 5.75 Å². The van der Waals surface area contributed by atoms with Crippen molar-refractivity contribution in [2.24, 2.45) is 5.92 Å². The molecule has 7 nitrogen and oxygen atoms in total. The summed E-state index contributed by atoms with van der Waals surface area (Å²) in [6.07, 6.45) is -3.66. The zero-order chi connectivity index (χ0) is 20.0. The van der Waals surface area contributed by atoms with Crippen LogP contribution < -0.4 is 15.4 Å². The van der Waals surface area contributed by atoms with E-state index in [1.807, 2.05) is 0 Å². The first-order valence-electron chi connectivity index (χ1n) is 7.90. The third-order valence-electron chi connectivity index (χ3n) is 3.26. The molecule has 1 aromatic carbocycles. The molecule has 0 bridgehead atoms. The Labute approximate surface area is 153 Å². The summed E-state index contributed by atoms with van der Waals surface area (Å²) in [4.78, 5) is 31.5. The number of alkyl halides is 3. The Balaban J connectivity index is 2.00. The highest BCUT2D eigenvalue weighted by atomic mass is 19.4. The number of anilines is 1. The van der Waals surface area contributed by atoms with Gasteiger partial charge in [0.1, 0.15) is 23.6 Å². The van der Waals surface area contributed by atoms with Crippen LogP contribution in [0.4, 0.5) is 19.0 Å². The van der Waals surface area contributed by atoms with Crippen molar-refractivity contribution in [1.82, 2.24) is 15.3 Å². The molecule has 0 unspecified atom stereocenters. The minimum absolute atomic E-state index is 0.00625. The average molecular weight is 382 g/mol. The molecule has 0 radical (unpaired) electrons. The monoisotopic (exact) mass is 382 g/mol. The molecule has 2 amide bonds. The molecule has 144 valence electrons. The van der Waals surface area contributed by atoms with Gasteiger partial charge in [-0.05, 0) is 17.7 Å². The third kappa shape index (κ3) is 6.57. The highest BCUT2D eigenvalue weighted by Gasteiger charge is 2.31. The van der Waals surface area contributed by atoms with Crippen molar-refractivity contribution in [3.63, 3.8) is 0 Å². The first-order valence-corrected chi connectivity index (χ1v) is 7.90. The number of carbonyl (C=O) groups is 2. The van der Waals surface area contributed by atoms with Crippen molar-refractivity contribution in [3.05, 3.63) is 47.9 Å². The second-order valence-corrected chi connectivity index (χ2v) is 5.81. The van der Waals surface area contributed by atoms with Gasteiger partial charge in [-0.1, -0.05) is 26.0 Å². The number of hydrogen-bond donors (Lipinski definition) is 2. The van der Waals surface area contributed by atoms with E-state index in [-0.39, 0.29) is 35.6 Å². The second-order valence-electron chi connectivity index (χ2n) is 5.81. The lowest BCUT2D eigenvalue weighted by Gasteiger charge is -2.11. The van der Waals surface area contributed by atoms with Gasteiger partial charge in [-0.25, -0.2) is 9.97 Å². The molecular weight excluding hydrogens is 365 g/mol. The number of carbonyl (C=O) groups excluding carboxylic acids is 2. The summed E-state index contributed by atoms with van der Waals surface area (Å²) in [5.74, 6) is -1.30. The van der Waals surface area contributed by atoms with Crippen LogP contribution in [0.15, 0.2) is 36.7 Å². The Bertz CT molecular complexity index is 825. The molecule has 27 heavy (non-hydrogen) atoms. The van der Waals surface area contributed by atoms with E-state index in [9.17, 15) is 22.8 Å². The molecule has 0 saturated carbocycles. The summed E-state index contributed by atoms with van der Waals surface area (Å²) in [6.45, 7) is 3.38. The molecule has 0 aliphatic heterocycles. The molecule has 0 atom stereocenters. The Morgan fingerprint density at radius 1 is 1.19 bits per heavy atom. The van der Waals surface area contributed by atoms with E-state index in [0.717, 1.165) is 12.4 Å². The normalized spacial score (nSPS) is 11.2. The Kier molecular flexibility index (Phi) is 6.32. The van der Waals surface area contributed by atoms with E-state index >= 15 is 0 Å². The van der Waals surface area contributed by atoms with E-state index < -0.39 is 12.3 Å². The molecule has 2 N–H and O–H groups in total. The SMILES string of the molecule is CC(C)C(=O)Nc1cc(C(=O)NCc2cccc(OC(F)(F)F)c2)ncn1. The van der Waals surface area contributed by atoms with Crippen molar-refractivity contribution in [1.29, 1.82) is 0 Å². The minimum Gasteiger partial charge on any atom is -0.406 e. The topological polar surface area (TPSA) is 93.2 Å². The first kappa shape index (κ1) is 20.1. The van der Waals surface area contributed by atoms with Crippen LogP contribution in [0.2, 0.25) is 0 Å². The van der Waals surface area contributed by atoms with E-state index in [4.69, 9.17) is 0 Å². The lowest BCUT2D eigenvalue weighted by atomic mass is 10.2. The van der Waals surface area contributed by atoms with Crippen LogP contribution in [0.25, 0.3) is 0 Å². The van der Waals surface area contributed by atoms with Gasteiger partial charge in [0.25, 0.3) is 5.91 Å². The number of nitrogens with one attached hydrogen (secondary N) is 2. The van der Waals surface area contributed by atoms with Crippen LogP contribution in [0, 0.1) is 5.92 Å². The summed E-state index contributed by atoms with van der Waals surface area (Å²) in [5.41, 5.74) is 0.416. The van der Waals surface area contributed by atoms with Crippen molar-refractivity contribution in [3.8, 4) is 5.75 Å². The number of ether oxygens (including phenoxy) is 1. The van der Waals surface area contributed by atoms with E-state index in [2.05, 4.69) is 25.3 Å². The molecule has 2 rings (SSSR count). The van der Waals surface area contributed by atoms with Crippen molar-refractivity contribution in [2.75, 3.05) is 5.32 Å². The van der Waals surface area contributed by atoms with Crippen LogP contribution in [-0.4, -0.2) is 28.1 Å². The number of aromatic nitrogens is 2. The van der Waals surface area contributed by atoms with Gasteiger partial charge < -0.3 is 15.4 Å². The Morgan fingerprint density at radius 3 is 2.59 bits per heavy atom. The largest absolute Gasteiger partial charge is 0.573 e. The van der Waals surface area contributed by atoms with Gasteiger partial charge in [-0.15, -0.1) is 13.2 Å². The lowest BCUT2D eigenvalue weighted by Crippen LogP contribution is -2.25. The van der Waals surface area contributed by atoms with Gasteiger partial charge in [0.15, 0.2) is 0 Å². The predicted molar refractivity (Wildman–Crippen MR) is 89.8 cm³/mol. The van der Waals surface area contributed by atoms with Gasteiger partial charge in [-0.2, -0.15) is 0 Å². The summed E-state index contributed by atoms with van der Waals surface area (Å²) >= 11 is 0. The van der Waals surface area contributed by atoms with Crippen molar-refractivity contribution in [2.45, 2.75) is 26.8 Å². The fourth-order valence-electron chi connectivity index (χ4n) is 1.95. The van der Waals surface area contributed by atoms with E-state index in [1.165, 1.54) is 24.3 Å². The maximum Gasteiger partial charge on any atom is 0.573 e. The maximum absolute atomic E-state index is 12.3. The highest BCUT2D eigenvalue weighted by molar-refractivity contribution is 5.95. The van der Waals surface area contributed by atoms with Crippen LogP contribution in [0.3, 0.4) is 0 Å². The maximum atomic E-state index is 12.3. The van der Waals surface area contributed by atoms with Gasteiger partial charge in [-0.3, -0.25) is 9.59 Å². The first-order chi connectivity index (χ1) is 12.6. The summed E-state index contributed by atoms with van der Waals surface area (Å²) in [7, 11) is 0. The Morgan fingerprint density at radius 2 is 1.93 bits per heavy atom. The summed E-state index contributed by atoms with van der Waals surface area (Å²) in [5, 5.41) is 5.08. The standard InChI is InChI=1S/C17H17F3N4O3/c1-10(2)15(25)24-14-7-13(22-9-23-14)16(26)21-8-11-4-3-5-12(6-11)27-17(18,19)20/h3-7,9-10H,8H2,1-2H3,(H,21,26)(H,22,23,24,25). The highest BCUT2D eigenvalue weighted by Crippen LogP contribution is 2.23. The molecule has 0 saturated heterocycles. The molecule has 0 spiro atoms. The van der Waals surface area contributed by atoms with Gasteiger partial charge in [0, 0.05) is 18.5 Å². The van der Waals surface area contributed by atoms with Crippen LogP contribution in [0.1, 0.15) is 29.9 Å². The summed E-state index contributed by atoms with van der Waals surface area (Å²) < 4.78 is 40.6. The fraction of sp³-hybridized carbons (Fsp3) is 0.294. The molecule has 10 heteroatoms. The molecule has 0 aliphatic carbocycles. The average Bonchev–Trinajstić information content (AvgIpc) is 2.58. The number of amides is 2. The number of hydrogen-bond acceptors (Lipinski definition) is 5. The van der Waals surface area contributed by atoms with Gasteiger partial charge in [0.05, 0.1) is 0 Å². The summed E-state index contributed by atoms with van der Waals surface area (Å²) in [6, 6.07) is 6.55. The fourth-order valence-corrected chi connectivity index (χ4v) is 1.95. The number of nitrogens with zero attached hydrogens (tertiary/aromatic N) is 2. The third-order valence-corrected chi connectivity index (χ3v) is 3.26. The lowest BCUT2D eigenvalue weighted by molar-refractivity contribution is -0.274. The van der Waals surface area contributed by atoms with Crippen molar-refractivity contribution < 1.29 is 27.5 Å². The van der Waals surface area contributed by atoms with Gasteiger partial charge in [0.2, 0.25) is 5.91 Å². The predicted octanol–water partition coefficient (Wildman–Crippen LogP) is 2.90. The molecule has 1 aromatic heterocycles. The quantitative estimate of drug-likeness (QED) is 0.801. The molecule has 0 aliphatic rings. The van der Waals surface area contributed by atoms with Crippen LogP contribution >= 0.6 is 0 Å². The minimum atomic E-state index is -4.79. The van der Waals surface area contributed by atoms with E-state index in [0.29, 0.717) is 5.56 Å². The smallest absolute Gasteiger partial charge is 0.406 e. The molecule has 0 fully saturated rings. The molecule has 2 aromatic rings. The Hall–Kier alpha value is -3.17. The molecular formula is C17H17F3N4O3.